The average Bonchev–Trinajstić information content (AvgIpc) is 2.89. The van der Waals surface area contributed by atoms with Crippen LogP contribution in [0.25, 0.3) is 0 Å². The van der Waals surface area contributed by atoms with Crippen molar-refractivity contribution in [2.75, 3.05) is 26.7 Å². The van der Waals surface area contributed by atoms with Crippen molar-refractivity contribution in [3.05, 3.63) is 70.8 Å². The topological polar surface area (TPSA) is 69.7 Å². The van der Waals surface area contributed by atoms with E-state index in [0.717, 1.165) is 0 Å². The molecule has 2 fully saturated rings. The highest BCUT2D eigenvalue weighted by molar-refractivity contribution is 5.98. The second kappa shape index (κ2) is 11.2. The minimum atomic E-state index is -4.77. The van der Waals surface area contributed by atoms with Crippen molar-refractivity contribution in [1.29, 1.82) is 0 Å². The highest BCUT2D eigenvalue weighted by atomic mass is 19.4. The number of benzene rings is 2. The van der Waals surface area contributed by atoms with Crippen molar-refractivity contribution in [2.24, 2.45) is 11.3 Å². The molecule has 3 amide bonds. The third-order valence-electron chi connectivity index (χ3n) is 8.23. The van der Waals surface area contributed by atoms with Crippen LogP contribution in [0.15, 0.2) is 42.5 Å². The molecular formula is C29H32F5N3O3. The summed E-state index contributed by atoms with van der Waals surface area (Å²) in [5.74, 6) is -3.82. The van der Waals surface area contributed by atoms with Crippen LogP contribution in [-0.4, -0.2) is 60.2 Å². The standard InChI is InChI=1S/C29H32F5N3O3/c1-17(2)25(35-26(39)20-14-18(29(32,33)34)8-9-23(20)31)27(40)37-12-10-28(11-13-37)15-24(38)36(3)16-21(28)19-6-4-5-7-22(19)30/h4-9,14,17,21,25H,10-13,15-16H2,1-3H3,(H,35,39)/t21?,25-/m1/s1. The van der Waals surface area contributed by atoms with Crippen molar-refractivity contribution in [3.8, 4) is 0 Å². The number of carbonyl (C=O) groups excluding carboxylic acids is 3. The number of alkyl halides is 3. The maximum Gasteiger partial charge on any atom is 0.416 e. The molecule has 0 radical (unpaired) electrons. The molecule has 1 spiro atoms. The van der Waals surface area contributed by atoms with Crippen LogP contribution in [0.3, 0.4) is 0 Å². The molecule has 0 aromatic heterocycles. The summed E-state index contributed by atoms with van der Waals surface area (Å²) in [6, 6.07) is 6.90. The lowest BCUT2D eigenvalue weighted by atomic mass is 9.62. The van der Waals surface area contributed by atoms with E-state index in [4.69, 9.17) is 0 Å². The molecule has 2 aliphatic heterocycles. The molecule has 2 aliphatic rings. The zero-order valence-corrected chi connectivity index (χ0v) is 22.5. The normalized spacial score (nSPS) is 20.1. The minimum Gasteiger partial charge on any atom is -0.345 e. The van der Waals surface area contributed by atoms with Gasteiger partial charge in [0.15, 0.2) is 0 Å². The maximum absolute atomic E-state index is 14.8. The van der Waals surface area contributed by atoms with Crippen molar-refractivity contribution < 1.29 is 36.3 Å². The number of hydrogen-bond donors (Lipinski definition) is 1. The zero-order chi connectivity index (χ0) is 29.4. The molecule has 216 valence electrons. The number of carbonyl (C=O) groups is 3. The second-order valence-corrected chi connectivity index (χ2v) is 11.1. The van der Waals surface area contributed by atoms with E-state index in [1.807, 2.05) is 0 Å². The average molecular weight is 566 g/mol. The number of rotatable bonds is 5. The van der Waals surface area contributed by atoms with Gasteiger partial charge in [-0.15, -0.1) is 0 Å². The highest BCUT2D eigenvalue weighted by Crippen LogP contribution is 2.50. The second-order valence-electron chi connectivity index (χ2n) is 11.1. The van der Waals surface area contributed by atoms with Crippen molar-refractivity contribution in [2.45, 2.75) is 51.2 Å². The van der Waals surface area contributed by atoms with Crippen LogP contribution in [0.1, 0.15) is 60.5 Å². The molecule has 0 aliphatic carbocycles. The molecule has 2 saturated heterocycles. The van der Waals surface area contributed by atoms with E-state index in [1.165, 1.54) is 6.07 Å². The number of nitrogens with one attached hydrogen (secondary N) is 1. The van der Waals surface area contributed by atoms with E-state index in [-0.39, 0.29) is 37.2 Å². The van der Waals surface area contributed by atoms with Gasteiger partial charge in [-0.25, -0.2) is 8.78 Å². The SMILES string of the molecule is CC(C)[C@@H](NC(=O)c1cc(C(F)(F)F)ccc1F)C(=O)N1CCC2(CC1)CC(=O)N(C)CC2c1ccccc1F. The number of amides is 3. The molecule has 1 N–H and O–H groups in total. The molecular weight excluding hydrogens is 533 g/mol. The summed E-state index contributed by atoms with van der Waals surface area (Å²) in [5, 5.41) is 2.43. The minimum absolute atomic E-state index is 0.0530. The van der Waals surface area contributed by atoms with Gasteiger partial charge in [0, 0.05) is 39.0 Å². The lowest BCUT2D eigenvalue weighted by Gasteiger charge is -2.51. The van der Waals surface area contributed by atoms with Crippen molar-refractivity contribution >= 4 is 17.7 Å². The Hall–Kier alpha value is -3.50. The van der Waals surface area contributed by atoms with Crippen LogP contribution in [0.5, 0.6) is 0 Å². The summed E-state index contributed by atoms with van der Waals surface area (Å²) >= 11 is 0. The monoisotopic (exact) mass is 565 g/mol. The predicted octanol–water partition coefficient (Wildman–Crippen LogP) is 4.99. The van der Waals surface area contributed by atoms with E-state index in [0.29, 0.717) is 43.1 Å². The fourth-order valence-electron chi connectivity index (χ4n) is 5.82. The van der Waals surface area contributed by atoms with Crippen molar-refractivity contribution in [3.63, 3.8) is 0 Å². The zero-order valence-electron chi connectivity index (χ0n) is 22.5. The molecule has 0 saturated carbocycles. The van der Waals surface area contributed by atoms with Crippen LogP contribution in [0.4, 0.5) is 22.0 Å². The largest absolute Gasteiger partial charge is 0.416 e. The molecule has 2 aromatic rings. The van der Waals surface area contributed by atoms with E-state index in [2.05, 4.69) is 5.32 Å². The quantitative estimate of drug-likeness (QED) is 0.520. The molecule has 2 heterocycles. The number of halogens is 5. The van der Waals surface area contributed by atoms with E-state index in [1.54, 1.807) is 48.9 Å². The Kier molecular flexibility index (Phi) is 8.23. The number of nitrogens with zero attached hydrogens (tertiary/aromatic N) is 2. The smallest absolute Gasteiger partial charge is 0.345 e. The first kappa shape index (κ1) is 29.5. The van der Waals surface area contributed by atoms with Gasteiger partial charge in [0.25, 0.3) is 5.91 Å². The predicted molar refractivity (Wildman–Crippen MR) is 137 cm³/mol. The van der Waals surface area contributed by atoms with Gasteiger partial charge >= 0.3 is 6.18 Å². The fourth-order valence-corrected chi connectivity index (χ4v) is 5.82. The Balaban J connectivity index is 1.51. The summed E-state index contributed by atoms with van der Waals surface area (Å²) in [6.07, 6.45) is -3.70. The highest BCUT2D eigenvalue weighted by Gasteiger charge is 2.49. The summed E-state index contributed by atoms with van der Waals surface area (Å²) in [6.45, 7) is 4.18. The van der Waals surface area contributed by atoms with Crippen LogP contribution >= 0.6 is 0 Å². The van der Waals surface area contributed by atoms with Gasteiger partial charge in [0.2, 0.25) is 11.8 Å². The summed E-state index contributed by atoms with van der Waals surface area (Å²) in [7, 11) is 1.69. The first-order valence-electron chi connectivity index (χ1n) is 13.2. The van der Waals surface area contributed by atoms with Crippen LogP contribution < -0.4 is 5.32 Å². The van der Waals surface area contributed by atoms with Gasteiger partial charge < -0.3 is 15.1 Å². The summed E-state index contributed by atoms with van der Waals surface area (Å²) < 4.78 is 68.5. The molecule has 2 atom stereocenters. The summed E-state index contributed by atoms with van der Waals surface area (Å²) in [4.78, 5) is 42.2. The Morgan fingerprint density at radius 1 is 1.02 bits per heavy atom. The maximum atomic E-state index is 14.8. The van der Waals surface area contributed by atoms with Crippen LogP contribution in [0, 0.1) is 23.0 Å². The lowest BCUT2D eigenvalue weighted by Crippen LogP contribution is -2.57. The van der Waals surface area contributed by atoms with Gasteiger partial charge in [0.1, 0.15) is 17.7 Å². The Morgan fingerprint density at radius 3 is 2.27 bits per heavy atom. The van der Waals surface area contributed by atoms with Gasteiger partial charge in [0.05, 0.1) is 11.1 Å². The number of piperidine rings is 2. The summed E-state index contributed by atoms with van der Waals surface area (Å²) in [5.41, 5.74) is -2.01. The third-order valence-corrected chi connectivity index (χ3v) is 8.23. The molecule has 11 heteroatoms. The molecule has 2 aromatic carbocycles. The van der Waals surface area contributed by atoms with E-state index >= 15 is 0 Å². The van der Waals surface area contributed by atoms with Gasteiger partial charge in [-0.3, -0.25) is 14.4 Å². The molecule has 6 nitrogen and oxygen atoms in total. The van der Waals surface area contributed by atoms with Gasteiger partial charge in [-0.05, 0) is 54.0 Å². The van der Waals surface area contributed by atoms with E-state index in [9.17, 15) is 36.3 Å². The Morgan fingerprint density at radius 2 is 1.68 bits per heavy atom. The molecule has 1 unspecified atom stereocenters. The first-order valence-corrected chi connectivity index (χ1v) is 13.2. The third kappa shape index (κ3) is 5.83. The van der Waals surface area contributed by atoms with E-state index < -0.39 is 52.3 Å². The lowest BCUT2D eigenvalue weighted by molar-refractivity contribution is -0.143. The van der Waals surface area contributed by atoms with Crippen molar-refractivity contribution in [1.82, 2.24) is 15.1 Å². The van der Waals surface area contributed by atoms with Gasteiger partial charge in [-0.2, -0.15) is 13.2 Å². The molecule has 40 heavy (non-hydrogen) atoms. The van der Waals surface area contributed by atoms with Gasteiger partial charge in [-0.1, -0.05) is 32.0 Å². The van der Waals surface area contributed by atoms with Crippen LogP contribution in [0.2, 0.25) is 0 Å². The number of likely N-dealkylation sites (N-methyl/N-ethyl adjacent to an activating group) is 1. The molecule has 0 bridgehead atoms. The Bertz CT molecular complexity index is 1290. The Labute approximate surface area is 229 Å². The fraction of sp³-hybridized carbons (Fsp3) is 0.483. The number of hydrogen-bond acceptors (Lipinski definition) is 3. The first-order chi connectivity index (χ1) is 18.7. The van der Waals surface area contributed by atoms with Crippen LogP contribution in [-0.2, 0) is 15.8 Å². The molecule has 4 rings (SSSR count). The number of likely N-dealkylation sites (tertiary alicyclic amines) is 2.